The molecule has 0 radical (unpaired) electrons. The molecule has 0 bridgehead atoms. The number of rotatable bonds is 5. The zero-order valence-corrected chi connectivity index (χ0v) is 13.4. The molecule has 0 saturated carbocycles. The van der Waals surface area contributed by atoms with Crippen LogP contribution in [0.25, 0.3) is 0 Å². The van der Waals surface area contributed by atoms with Gasteiger partial charge in [0.15, 0.2) is 5.76 Å². The van der Waals surface area contributed by atoms with Gasteiger partial charge in [0.2, 0.25) is 5.91 Å². The van der Waals surface area contributed by atoms with Gasteiger partial charge in [-0.3, -0.25) is 9.48 Å². The molecular formula is C14H19ClN4O2. The van der Waals surface area contributed by atoms with Crippen molar-refractivity contribution in [1.82, 2.24) is 19.8 Å². The van der Waals surface area contributed by atoms with E-state index in [2.05, 4.69) is 10.3 Å². The summed E-state index contributed by atoms with van der Waals surface area (Å²) in [5.74, 6) is 0.612. The second-order valence-electron chi connectivity index (χ2n) is 5.03. The third kappa shape index (κ3) is 3.44. The van der Waals surface area contributed by atoms with Crippen molar-refractivity contribution in [1.29, 1.82) is 0 Å². The third-order valence-corrected chi connectivity index (χ3v) is 3.91. The van der Waals surface area contributed by atoms with E-state index in [-0.39, 0.29) is 12.5 Å². The number of amides is 1. The normalized spacial score (nSPS) is 10.9. The number of likely N-dealkylation sites (N-methyl/N-ethyl adjacent to an activating group) is 1. The Balaban J connectivity index is 2.00. The lowest BCUT2D eigenvalue weighted by atomic mass is 10.3. The summed E-state index contributed by atoms with van der Waals surface area (Å²) in [6.07, 6.45) is 0.811. The van der Waals surface area contributed by atoms with Gasteiger partial charge in [-0.05, 0) is 20.3 Å². The molecule has 6 nitrogen and oxygen atoms in total. The molecule has 0 fully saturated rings. The quantitative estimate of drug-likeness (QED) is 0.850. The van der Waals surface area contributed by atoms with Gasteiger partial charge in [-0.2, -0.15) is 5.10 Å². The van der Waals surface area contributed by atoms with Crippen LogP contribution in [0, 0.1) is 13.8 Å². The van der Waals surface area contributed by atoms with E-state index in [4.69, 9.17) is 16.1 Å². The average molecular weight is 311 g/mol. The minimum Gasteiger partial charge on any atom is -0.359 e. The number of aryl methyl sites for hydroxylation is 2. The van der Waals surface area contributed by atoms with Crippen LogP contribution in [-0.2, 0) is 24.3 Å². The monoisotopic (exact) mass is 310 g/mol. The summed E-state index contributed by atoms with van der Waals surface area (Å²) < 4.78 is 6.81. The first-order valence-corrected chi connectivity index (χ1v) is 7.18. The summed E-state index contributed by atoms with van der Waals surface area (Å²) >= 11 is 6.08. The Bertz CT molecular complexity index is 647. The maximum Gasteiger partial charge on any atom is 0.244 e. The first kappa shape index (κ1) is 15.6. The van der Waals surface area contributed by atoms with Crippen LogP contribution in [0.4, 0.5) is 0 Å². The van der Waals surface area contributed by atoms with Crippen LogP contribution < -0.4 is 0 Å². The first-order chi connectivity index (χ1) is 9.92. The lowest BCUT2D eigenvalue weighted by molar-refractivity contribution is -0.131. The molecule has 0 saturated heterocycles. The van der Waals surface area contributed by atoms with Gasteiger partial charge in [-0.1, -0.05) is 23.7 Å². The van der Waals surface area contributed by atoms with Crippen LogP contribution in [0.1, 0.15) is 29.8 Å². The zero-order chi connectivity index (χ0) is 15.6. The fraction of sp³-hybridized carbons (Fsp3) is 0.500. The smallest absolute Gasteiger partial charge is 0.244 e. The molecule has 0 aromatic carbocycles. The highest BCUT2D eigenvalue weighted by atomic mass is 35.5. The fourth-order valence-electron chi connectivity index (χ4n) is 2.00. The van der Waals surface area contributed by atoms with Gasteiger partial charge in [0, 0.05) is 13.1 Å². The van der Waals surface area contributed by atoms with Crippen LogP contribution in [-0.4, -0.2) is 32.8 Å². The van der Waals surface area contributed by atoms with Crippen LogP contribution in [0.15, 0.2) is 10.6 Å². The lowest BCUT2D eigenvalue weighted by Crippen LogP contribution is -2.30. The maximum absolute atomic E-state index is 12.2. The maximum atomic E-state index is 12.2. The summed E-state index contributed by atoms with van der Waals surface area (Å²) in [5.41, 5.74) is 2.41. The zero-order valence-electron chi connectivity index (χ0n) is 12.7. The molecule has 2 aromatic heterocycles. The lowest BCUT2D eigenvalue weighted by Gasteiger charge is -2.15. The predicted molar refractivity (Wildman–Crippen MR) is 79.1 cm³/mol. The van der Waals surface area contributed by atoms with Crippen molar-refractivity contribution in [3.05, 3.63) is 33.9 Å². The largest absolute Gasteiger partial charge is 0.359 e. The van der Waals surface area contributed by atoms with Crippen molar-refractivity contribution in [2.75, 3.05) is 7.05 Å². The van der Waals surface area contributed by atoms with Crippen LogP contribution in [0.2, 0.25) is 5.02 Å². The van der Waals surface area contributed by atoms with E-state index in [9.17, 15) is 4.79 Å². The van der Waals surface area contributed by atoms with Crippen LogP contribution in [0.3, 0.4) is 0 Å². The van der Waals surface area contributed by atoms with Gasteiger partial charge in [0.05, 0.1) is 28.6 Å². The molecule has 1 amide bonds. The second-order valence-corrected chi connectivity index (χ2v) is 5.41. The van der Waals surface area contributed by atoms with Gasteiger partial charge >= 0.3 is 0 Å². The number of aromatic nitrogens is 3. The highest BCUT2D eigenvalue weighted by Gasteiger charge is 2.16. The summed E-state index contributed by atoms with van der Waals surface area (Å²) in [5, 5.41) is 8.78. The molecule has 2 heterocycles. The van der Waals surface area contributed by atoms with E-state index in [1.165, 1.54) is 0 Å². The topological polar surface area (TPSA) is 64.2 Å². The van der Waals surface area contributed by atoms with Crippen LogP contribution >= 0.6 is 11.6 Å². The van der Waals surface area contributed by atoms with E-state index in [0.29, 0.717) is 17.3 Å². The van der Waals surface area contributed by atoms with Crippen molar-refractivity contribution >= 4 is 17.5 Å². The Morgan fingerprint density at radius 3 is 2.71 bits per heavy atom. The van der Waals surface area contributed by atoms with Crippen molar-refractivity contribution < 1.29 is 9.32 Å². The molecule has 0 unspecified atom stereocenters. The molecule has 2 aromatic rings. The van der Waals surface area contributed by atoms with Gasteiger partial charge in [-0.25, -0.2) is 0 Å². The highest BCUT2D eigenvalue weighted by molar-refractivity contribution is 6.31. The average Bonchev–Trinajstić information content (AvgIpc) is 3.00. The van der Waals surface area contributed by atoms with Crippen molar-refractivity contribution in [2.45, 2.75) is 40.3 Å². The Labute approximate surface area is 128 Å². The van der Waals surface area contributed by atoms with Crippen molar-refractivity contribution in [3.8, 4) is 0 Å². The number of hydrogen-bond donors (Lipinski definition) is 0. The van der Waals surface area contributed by atoms with E-state index in [1.807, 2.05) is 26.8 Å². The molecule has 0 N–H and O–H groups in total. The minimum absolute atomic E-state index is 0.0632. The molecule has 0 aliphatic rings. The van der Waals surface area contributed by atoms with Gasteiger partial charge < -0.3 is 9.42 Å². The molecule has 2 rings (SSSR count). The van der Waals surface area contributed by atoms with Gasteiger partial charge in [0.25, 0.3) is 0 Å². The number of hydrogen-bond acceptors (Lipinski definition) is 4. The number of carbonyl (C=O) groups excluding carboxylic acids is 1. The molecule has 21 heavy (non-hydrogen) atoms. The molecule has 0 atom stereocenters. The second kappa shape index (κ2) is 6.30. The third-order valence-electron chi connectivity index (χ3n) is 3.37. The molecule has 0 aliphatic carbocycles. The SMILES string of the molecule is CCc1cc(CN(C)C(=O)Cn2nc(C)c(Cl)c2C)on1. The molecule has 7 heteroatoms. The Morgan fingerprint density at radius 2 is 2.19 bits per heavy atom. The molecular weight excluding hydrogens is 292 g/mol. The standard InChI is InChI=1S/C14H19ClN4O2/c1-5-11-6-12(21-17-11)7-18(4)13(20)8-19-10(3)14(15)9(2)16-19/h6H,5,7-8H2,1-4H3. The molecule has 0 spiro atoms. The number of nitrogens with zero attached hydrogens (tertiary/aromatic N) is 4. The Kier molecular flexibility index (Phi) is 4.67. The number of halogens is 1. The summed E-state index contributed by atoms with van der Waals surface area (Å²) in [6, 6.07) is 1.87. The molecule has 0 aliphatic heterocycles. The van der Waals surface area contributed by atoms with Crippen LogP contribution in [0.5, 0.6) is 0 Å². The fourth-order valence-corrected chi connectivity index (χ4v) is 2.13. The summed E-state index contributed by atoms with van der Waals surface area (Å²) in [7, 11) is 1.73. The Morgan fingerprint density at radius 1 is 1.48 bits per heavy atom. The van der Waals surface area contributed by atoms with E-state index in [1.54, 1.807) is 16.6 Å². The van der Waals surface area contributed by atoms with Gasteiger partial charge in [-0.15, -0.1) is 0 Å². The summed E-state index contributed by atoms with van der Waals surface area (Å²) in [6.45, 7) is 6.22. The first-order valence-electron chi connectivity index (χ1n) is 6.80. The molecule has 114 valence electrons. The highest BCUT2D eigenvalue weighted by Crippen LogP contribution is 2.19. The van der Waals surface area contributed by atoms with E-state index < -0.39 is 0 Å². The van der Waals surface area contributed by atoms with Gasteiger partial charge in [0.1, 0.15) is 6.54 Å². The minimum atomic E-state index is -0.0632. The predicted octanol–water partition coefficient (Wildman–Crippen LogP) is 2.36. The Hall–Kier alpha value is -1.82. The van der Waals surface area contributed by atoms with E-state index in [0.717, 1.165) is 23.5 Å². The number of carbonyl (C=O) groups is 1. The van der Waals surface area contributed by atoms with E-state index >= 15 is 0 Å². The summed E-state index contributed by atoms with van der Waals surface area (Å²) in [4.78, 5) is 13.8. The van der Waals surface area contributed by atoms with Crippen molar-refractivity contribution in [2.24, 2.45) is 0 Å². The van der Waals surface area contributed by atoms with Crippen molar-refractivity contribution in [3.63, 3.8) is 0 Å².